The normalized spacial score (nSPS) is 17.8. The molecule has 1 aromatic heterocycles. The number of benzene rings is 1. The number of hydrogen-bond acceptors (Lipinski definition) is 8. The maximum Gasteiger partial charge on any atom is 0.409 e. The average molecular weight is 472 g/mol. The summed E-state index contributed by atoms with van der Waals surface area (Å²) in [6, 6.07) is 4.38. The van der Waals surface area contributed by atoms with Gasteiger partial charge in [0.25, 0.3) is 11.1 Å². The molecule has 1 N–H and O–H groups in total. The van der Waals surface area contributed by atoms with Gasteiger partial charge in [-0.3, -0.25) is 19.9 Å². The molecule has 0 atom stereocenters. The molecule has 3 heterocycles. The van der Waals surface area contributed by atoms with Gasteiger partial charge >= 0.3 is 6.09 Å². The Balaban J connectivity index is 1.55. The number of nitrogens with one attached hydrogen (secondary N) is 1. The standard InChI is InChI=1S/C22H22FN5O4S/c1-2-32-22(31)28-7-3-6-27(8-9-28)19-13-24-12-17(25-19)15-10-14(4-5-16(15)23)11-18-20(29)26-21(30)33-18/h4-5,10-13H,2-3,6-9H2,1H3,(H,26,29,30)/b18-11+. The van der Waals surface area contributed by atoms with Gasteiger partial charge < -0.3 is 14.5 Å². The minimum Gasteiger partial charge on any atom is -0.450 e. The first-order chi connectivity index (χ1) is 15.9. The topological polar surface area (TPSA) is 105 Å². The smallest absolute Gasteiger partial charge is 0.409 e. The maximum absolute atomic E-state index is 14.7. The summed E-state index contributed by atoms with van der Waals surface area (Å²) < 4.78 is 19.7. The lowest BCUT2D eigenvalue weighted by Gasteiger charge is -2.22. The van der Waals surface area contributed by atoms with E-state index in [4.69, 9.17) is 4.74 Å². The molecule has 9 nitrogen and oxygen atoms in total. The van der Waals surface area contributed by atoms with Gasteiger partial charge in [0, 0.05) is 31.7 Å². The molecule has 2 aliphatic rings. The van der Waals surface area contributed by atoms with Crippen LogP contribution in [0.3, 0.4) is 0 Å². The third kappa shape index (κ3) is 5.30. The summed E-state index contributed by atoms with van der Waals surface area (Å²) in [4.78, 5) is 48.0. The first kappa shape index (κ1) is 22.7. The molecular formula is C22H22FN5O4S. The average Bonchev–Trinajstić information content (AvgIpc) is 2.99. The first-order valence-corrected chi connectivity index (χ1v) is 11.3. The van der Waals surface area contributed by atoms with Crippen molar-refractivity contribution < 1.29 is 23.5 Å². The summed E-state index contributed by atoms with van der Waals surface area (Å²) in [5.74, 6) is -0.374. The maximum atomic E-state index is 14.7. The quantitative estimate of drug-likeness (QED) is 0.678. The SMILES string of the molecule is CCOC(=O)N1CCCN(c2cncc(-c3cc(/C=C4/SC(=O)NC4=O)ccc3F)n2)CC1. The molecule has 0 unspecified atom stereocenters. The fourth-order valence-corrected chi connectivity index (χ4v) is 4.27. The van der Waals surface area contributed by atoms with Crippen LogP contribution in [0.2, 0.25) is 0 Å². The van der Waals surface area contributed by atoms with Gasteiger partial charge in [-0.15, -0.1) is 0 Å². The molecule has 0 radical (unpaired) electrons. The molecule has 2 fully saturated rings. The molecule has 4 rings (SSSR count). The van der Waals surface area contributed by atoms with Crippen molar-refractivity contribution in [2.24, 2.45) is 0 Å². The number of carbonyl (C=O) groups excluding carboxylic acids is 3. The van der Waals surface area contributed by atoms with Gasteiger partial charge in [-0.2, -0.15) is 0 Å². The Morgan fingerprint density at radius 1 is 1.24 bits per heavy atom. The van der Waals surface area contributed by atoms with Crippen LogP contribution in [0, 0.1) is 5.82 Å². The Labute approximate surface area is 194 Å². The predicted octanol–water partition coefficient (Wildman–Crippen LogP) is 3.28. The van der Waals surface area contributed by atoms with E-state index in [0.717, 1.165) is 18.2 Å². The lowest BCUT2D eigenvalue weighted by Crippen LogP contribution is -2.35. The van der Waals surface area contributed by atoms with Crippen LogP contribution >= 0.6 is 11.8 Å². The number of ether oxygens (including phenoxy) is 1. The fraction of sp³-hybridized carbons (Fsp3) is 0.318. The predicted molar refractivity (Wildman–Crippen MR) is 122 cm³/mol. The second kappa shape index (κ2) is 9.99. The second-order valence-corrected chi connectivity index (χ2v) is 8.40. The highest BCUT2D eigenvalue weighted by atomic mass is 32.2. The number of thioether (sulfide) groups is 1. The van der Waals surface area contributed by atoms with Crippen molar-refractivity contribution in [2.75, 3.05) is 37.7 Å². The number of halogens is 1. The van der Waals surface area contributed by atoms with E-state index in [1.54, 1.807) is 24.1 Å². The number of carbonyl (C=O) groups is 3. The van der Waals surface area contributed by atoms with Crippen molar-refractivity contribution in [2.45, 2.75) is 13.3 Å². The Morgan fingerprint density at radius 3 is 2.85 bits per heavy atom. The molecule has 3 amide bonds. The summed E-state index contributed by atoms with van der Waals surface area (Å²) in [6.07, 6.45) is 5.02. The molecule has 2 aliphatic heterocycles. The molecule has 172 valence electrons. The Morgan fingerprint density at radius 2 is 2.09 bits per heavy atom. The summed E-state index contributed by atoms with van der Waals surface area (Å²) in [6.45, 7) is 4.39. The Bertz CT molecular complexity index is 1130. The number of aromatic nitrogens is 2. The van der Waals surface area contributed by atoms with Gasteiger partial charge in [-0.1, -0.05) is 6.07 Å². The molecule has 0 saturated carbocycles. The summed E-state index contributed by atoms with van der Waals surface area (Å²) in [5, 5.41) is 1.75. The summed E-state index contributed by atoms with van der Waals surface area (Å²) in [5.41, 5.74) is 1.14. The Kier molecular flexibility index (Phi) is 6.87. The molecule has 0 spiro atoms. The van der Waals surface area contributed by atoms with Crippen LogP contribution in [0.5, 0.6) is 0 Å². The lowest BCUT2D eigenvalue weighted by atomic mass is 10.1. The monoisotopic (exact) mass is 471 g/mol. The van der Waals surface area contributed by atoms with Crippen LogP contribution in [0.1, 0.15) is 18.9 Å². The van der Waals surface area contributed by atoms with Gasteiger partial charge in [-0.25, -0.2) is 14.2 Å². The van der Waals surface area contributed by atoms with E-state index < -0.39 is 17.0 Å². The minimum atomic E-state index is -0.479. The van der Waals surface area contributed by atoms with Crippen molar-refractivity contribution in [1.82, 2.24) is 20.2 Å². The zero-order valence-electron chi connectivity index (χ0n) is 17.9. The molecular weight excluding hydrogens is 449 g/mol. The first-order valence-electron chi connectivity index (χ1n) is 10.5. The van der Waals surface area contributed by atoms with Gasteiger partial charge in [-0.05, 0) is 48.9 Å². The zero-order valence-corrected chi connectivity index (χ0v) is 18.7. The Hall–Kier alpha value is -3.47. The molecule has 1 aromatic carbocycles. The number of amides is 3. The minimum absolute atomic E-state index is 0.233. The van der Waals surface area contributed by atoms with Crippen molar-refractivity contribution in [3.05, 3.63) is 46.9 Å². The van der Waals surface area contributed by atoms with E-state index in [1.165, 1.54) is 24.4 Å². The van der Waals surface area contributed by atoms with Crippen LogP contribution in [-0.4, -0.2) is 64.9 Å². The highest BCUT2D eigenvalue weighted by molar-refractivity contribution is 8.18. The summed E-state index contributed by atoms with van der Waals surface area (Å²) >= 11 is 0.799. The third-order valence-corrected chi connectivity index (χ3v) is 5.98. The molecule has 0 aliphatic carbocycles. The van der Waals surface area contributed by atoms with Crippen molar-refractivity contribution >= 4 is 40.9 Å². The molecule has 33 heavy (non-hydrogen) atoms. The number of rotatable bonds is 4. The largest absolute Gasteiger partial charge is 0.450 e. The van der Waals surface area contributed by atoms with Crippen LogP contribution in [0.25, 0.3) is 17.3 Å². The molecule has 2 saturated heterocycles. The van der Waals surface area contributed by atoms with E-state index >= 15 is 0 Å². The van der Waals surface area contributed by atoms with Gasteiger partial charge in [0.05, 0.1) is 29.6 Å². The van der Waals surface area contributed by atoms with Crippen LogP contribution in [0.4, 0.5) is 19.8 Å². The molecule has 0 bridgehead atoms. The number of imide groups is 1. The fourth-order valence-electron chi connectivity index (χ4n) is 3.58. The van der Waals surface area contributed by atoms with E-state index in [1.807, 2.05) is 4.90 Å². The van der Waals surface area contributed by atoms with E-state index in [-0.39, 0.29) is 16.6 Å². The van der Waals surface area contributed by atoms with Crippen LogP contribution in [-0.2, 0) is 9.53 Å². The van der Waals surface area contributed by atoms with Crippen molar-refractivity contribution in [1.29, 1.82) is 0 Å². The molecule has 2 aromatic rings. The lowest BCUT2D eigenvalue weighted by molar-refractivity contribution is -0.115. The van der Waals surface area contributed by atoms with E-state index in [2.05, 4.69) is 15.3 Å². The highest BCUT2D eigenvalue weighted by Gasteiger charge is 2.25. The zero-order chi connectivity index (χ0) is 23.4. The van der Waals surface area contributed by atoms with E-state index in [0.29, 0.717) is 49.9 Å². The number of nitrogens with zero attached hydrogens (tertiary/aromatic N) is 4. The number of anilines is 1. The van der Waals surface area contributed by atoms with Gasteiger partial charge in [0.2, 0.25) is 0 Å². The van der Waals surface area contributed by atoms with Crippen LogP contribution in [0.15, 0.2) is 35.5 Å². The van der Waals surface area contributed by atoms with Gasteiger partial charge in [0.1, 0.15) is 11.6 Å². The number of hydrogen-bond donors (Lipinski definition) is 1. The van der Waals surface area contributed by atoms with E-state index in [9.17, 15) is 18.8 Å². The highest BCUT2D eigenvalue weighted by Crippen LogP contribution is 2.29. The second-order valence-electron chi connectivity index (χ2n) is 7.38. The third-order valence-electron chi connectivity index (χ3n) is 5.17. The molecule has 11 heteroatoms. The van der Waals surface area contributed by atoms with Crippen LogP contribution < -0.4 is 10.2 Å². The van der Waals surface area contributed by atoms with Crippen molar-refractivity contribution in [3.8, 4) is 11.3 Å². The van der Waals surface area contributed by atoms with Gasteiger partial charge in [0.15, 0.2) is 0 Å². The summed E-state index contributed by atoms with van der Waals surface area (Å²) in [7, 11) is 0. The van der Waals surface area contributed by atoms with Crippen molar-refractivity contribution in [3.63, 3.8) is 0 Å².